The van der Waals surface area contributed by atoms with E-state index in [1.165, 1.54) is 12.1 Å². The van der Waals surface area contributed by atoms with E-state index in [0.717, 1.165) is 17.6 Å². The van der Waals surface area contributed by atoms with Crippen molar-refractivity contribution in [2.24, 2.45) is 0 Å². The fraction of sp³-hybridized carbons (Fsp3) is 0.179. The molecule has 182 valence electrons. The van der Waals surface area contributed by atoms with E-state index >= 15 is 0 Å². The number of rotatable bonds is 6. The smallest absolute Gasteiger partial charge is 0.256 e. The number of furan rings is 1. The zero-order valence-electron chi connectivity index (χ0n) is 20.0. The highest BCUT2D eigenvalue weighted by Crippen LogP contribution is 2.36. The minimum absolute atomic E-state index is 0.198. The van der Waals surface area contributed by atoms with Gasteiger partial charge in [-0.15, -0.1) is 0 Å². The van der Waals surface area contributed by atoms with Crippen LogP contribution in [0.25, 0.3) is 27.9 Å². The number of hydrogen-bond donors (Lipinski definition) is 2. The summed E-state index contributed by atoms with van der Waals surface area (Å²) in [6.07, 6.45) is 6.93. The van der Waals surface area contributed by atoms with E-state index in [9.17, 15) is 14.0 Å². The van der Waals surface area contributed by atoms with Crippen LogP contribution in [0.2, 0.25) is 0 Å². The van der Waals surface area contributed by atoms with E-state index in [-0.39, 0.29) is 17.6 Å². The van der Waals surface area contributed by atoms with Gasteiger partial charge >= 0.3 is 0 Å². The highest BCUT2D eigenvalue weighted by molar-refractivity contribution is 6.12. The number of allylic oxidation sites excluding steroid dienone is 2. The van der Waals surface area contributed by atoms with Crippen molar-refractivity contribution in [1.29, 1.82) is 0 Å². The first-order chi connectivity index (χ1) is 17.5. The number of aromatic nitrogens is 2. The van der Waals surface area contributed by atoms with Gasteiger partial charge in [-0.3, -0.25) is 9.59 Å². The molecule has 5 rings (SSSR count). The number of halogens is 1. The van der Waals surface area contributed by atoms with Gasteiger partial charge in [0.05, 0.1) is 11.8 Å². The Hall–Kier alpha value is -4.46. The third-order valence-corrected chi connectivity index (χ3v) is 6.25. The zero-order chi connectivity index (χ0) is 25.2. The Morgan fingerprint density at radius 1 is 1.08 bits per heavy atom. The van der Waals surface area contributed by atoms with Crippen LogP contribution in [0.4, 0.5) is 10.2 Å². The second kappa shape index (κ2) is 9.65. The number of carbonyl (C=O) groups excluding carboxylic acids is 2. The molecule has 0 radical (unpaired) electrons. The first-order valence-corrected chi connectivity index (χ1v) is 11.8. The van der Waals surface area contributed by atoms with Gasteiger partial charge in [0.25, 0.3) is 11.8 Å². The van der Waals surface area contributed by atoms with E-state index in [1.54, 1.807) is 36.1 Å². The SMILES string of the molecule is CCn1nccc1NC(=O)C1=CCCC(c2ccc3oc(-c4ccc(F)cc4)c(C(=O)NC)c3c2)=C1. The summed E-state index contributed by atoms with van der Waals surface area (Å²) in [6, 6.07) is 13.3. The summed E-state index contributed by atoms with van der Waals surface area (Å²) >= 11 is 0. The largest absolute Gasteiger partial charge is 0.455 e. The van der Waals surface area contributed by atoms with Crippen molar-refractivity contribution in [2.45, 2.75) is 26.3 Å². The van der Waals surface area contributed by atoms with Crippen molar-refractivity contribution < 1.29 is 18.4 Å². The van der Waals surface area contributed by atoms with Gasteiger partial charge in [0, 0.05) is 36.2 Å². The number of carbonyl (C=O) groups is 2. The van der Waals surface area contributed by atoms with Gasteiger partial charge in [0.2, 0.25) is 0 Å². The van der Waals surface area contributed by atoms with Crippen LogP contribution >= 0.6 is 0 Å². The van der Waals surface area contributed by atoms with Crippen LogP contribution in [0.5, 0.6) is 0 Å². The molecule has 2 amide bonds. The summed E-state index contributed by atoms with van der Waals surface area (Å²) in [7, 11) is 1.56. The number of amides is 2. The van der Waals surface area contributed by atoms with E-state index in [2.05, 4.69) is 15.7 Å². The molecule has 0 saturated heterocycles. The summed E-state index contributed by atoms with van der Waals surface area (Å²) in [5.41, 5.74) is 4.01. The molecule has 2 N–H and O–H groups in total. The summed E-state index contributed by atoms with van der Waals surface area (Å²) < 4.78 is 21.2. The van der Waals surface area contributed by atoms with Crippen LogP contribution in [0.1, 0.15) is 35.7 Å². The Bertz CT molecular complexity index is 1530. The molecule has 8 heteroatoms. The van der Waals surface area contributed by atoms with Crippen LogP contribution in [0.3, 0.4) is 0 Å². The minimum Gasteiger partial charge on any atom is -0.455 e. The van der Waals surface area contributed by atoms with Crippen molar-refractivity contribution in [2.75, 3.05) is 12.4 Å². The van der Waals surface area contributed by atoms with Gasteiger partial charge < -0.3 is 15.1 Å². The van der Waals surface area contributed by atoms with Crippen molar-refractivity contribution in [3.05, 3.63) is 89.4 Å². The van der Waals surface area contributed by atoms with Crippen molar-refractivity contribution in [3.8, 4) is 11.3 Å². The first-order valence-electron chi connectivity index (χ1n) is 11.8. The minimum atomic E-state index is -0.366. The molecule has 0 bridgehead atoms. The Morgan fingerprint density at radius 2 is 1.86 bits per heavy atom. The summed E-state index contributed by atoms with van der Waals surface area (Å²) in [6.45, 7) is 2.61. The Balaban J connectivity index is 1.51. The Labute approximate surface area is 207 Å². The monoisotopic (exact) mass is 484 g/mol. The average Bonchev–Trinajstić information content (AvgIpc) is 3.52. The number of fused-ring (bicyclic) bond motifs is 1. The van der Waals surface area contributed by atoms with Gasteiger partial charge in [-0.05, 0) is 73.4 Å². The van der Waals surface area contributed by atoms with Crippen LogP contribution in [-0.4, -0.2) is 28.6 Å². The highest BCUT2D eigenvalue weighted by atomic mass is 19.1. The van der Waals surface area contributed by atoms with E-state index < -0.39 is 0 Å². The lowest BCUT2D eigenvalue weighted by Crippen LogP contribution is -2.18. The van der Waals surface area contributed by atoms with E-state index in [1.807, 2.05) is 37.3 Å². The van der Waals surface area contributed by atoms with Gasteiger partial charge in [0.15, 0.2) is 0 Å². The number of benzene rings is 2. The molecule has 1 aliphatic carbocycles. The van der Waals surface area contributed by atoms with Crippen LogP contribution in [0.15, 0.2) is 76.9 Å². The third kappa shape index (κ3) is 4.33. The quantitative estimate of drug-likeness (QED) is 0.375. The molecule has 4 aromatic rings. The normalized spacial score (nSPS) is 13.3. The topological polar surface area (TPSA) is 89.2 Å². The molecule has 2 heterocycles. The summed E-state index contributed by atoms with van der Waals surface area (Å²) in [4.78, 5) is 25.8. The molecule has 0 aliphatic heterocycles. The molecule has 0 fully saturated rings. The number of hydrogen-bond acceptors (Lipinski definition) is 4. The second-order valence-electron chi connectivity index (χ2n) is 8.46. The number of anilines is 1. The molecule has 0 spiro atoms. The molecule has 1 aliphatic rings. The van der Waals surface area contributed by atoms with Crippen molar-refractivity contribution in [1.82, 2.24) is 15.1 Å². The Kier molecular flexibility index (Phi) is 6.25. The maximum atomic E-state index is 13.5. The maximum Gasteiger partial charge on any atom is 0.256 e. The Morgan fingerprint density at radius 3 is 2.61 bits per heavy atom. The second-order valence-corrected chi connectivity index (χ2v) is 8.46. The predicted octanol–water partition coefficient (Wildman–Crippen LogP) is 5.56. The van der Waals surface area contributed by atoms with Crippen molar-refractivity contribution >= 4 is 34.2 Å². The van der Waals surface area contributed by atoms with Crippen LogP contribution in [-0.2, 0) is 11.3 Å². The maximum absolute atomic E-state index is 13.5. The molecule has 0 unspecified atom stereocenters. The van der Waals surface area contributed by atoms with E-state index in [4.69, 9.17) is 4.42 Å². The summed E-state index contributed by atoms with van der Waals surface area (Å²) in [5.74, 6) is 0.167. The number of nitrogens with one attached hydrogen (secondary N) is 2. The predicted molar refractivity (Wildman–Crippen MR) is 137 cm³/mol. The fourth-order valence-electron chi connectivity index (χ4n) is 4.42. The molecular weight excluding hydrogens is 459 g/mol. The van der Waals surface area contributed by atoms with Crippen LogP contribution < -0.4 is 10.6 Å². The van der Waals surface area contributed by atoms with E-state index in [0.29, 0.717) is 52.2 Å². The van der Waals surface area contributed by atoms with Gasteiger partial charge in [-0.25, -0.2) is 9.07 Å². The first kappa shape index (κ1) is 23.3. The lowest BCUT2D eigenvalue weighted by molar-refractivity contribution is -0.112. The number of nitrogens with zero attached hydrogens (tertiary/aromatic N) is 2. The average molecular weight is 485 g/mol. The van der Waals surface area contributed by atoms with Gasteiger partial charge in [0.1, 0.15) is 23.0 Å². The zero-order valence-corrected chi connectivity index (χ0v) is 20.0. The van der Waals surface area contributed by atoms with Crippen molar-refractivity contribution in [3.63, 3.8) is 0 Å². The highest BCUT2D eigenvalue weighted by Gasteiger charge is 2.23. The van der Waals surface area contributed by atoms with Gasteiger partial charge in [-0.1, -0.05) is 12.1 Å². The molecule has 2 aromatic heterocycles. The molecule has 2 aromatic carbocycles. The molecule has 0 atom stereocenters. The summed E-state index contributed by atoms with van der Waals surface area (Å²) in [5, 5.41) is 10.4. The third-order valence-electron chi connectivity index (χ3n) is 6.25. The molecule has 36 heavy (non-hydrogen) atoms. The number of aryl methyl sites for hydroxylation is 1. The lowest BCUT2D eigenvalue weighted by atomic mass is 9.92. The standard InChI is InChI=1S/C28H25FN4O3/c1-3-33-24(13-14-31-33)32-27(34)20-6-4-5-18(15-20)19-9-12-23-22(16-19)25(28(35)30-2)26(36-23)17-7-10-21(29)11-8-17/h6-16H,3-5H2,1-2H3,(H,30,35)(H,32,34). The van der Waals surface area contributed by atoms with Gasteiger partial charge in [-0.2, -0.15) is 5.10 Å². The molecular formula is C28H25FN4O3. The molecule has 0 saturated carbocycles. The fourth-order valence-corrected chi connectivity index (χ4v) is 4.42. The lowest BCUT2D eigenvalue weighted by Gasteiger charge is -2.15. The molecule has 7 nitrogen and oxygen atoms in total. The van der Waals surface area contributed by atoms with Crippen LogP contribution in [0, 0.1) is 5.82 Å².